The highest BCUT2D eigenvalue weighted by Crippen LogP contribution is 2.12. The van der Waals surface area contributed by atoms with Crippen LogP contribution in [0.2, 0.25) is 5.02 Å². The molecule has 1 amide bonds. The Kier molecular flexibility index (Phi) is 6.44. The molecule has 2 aromatic carbocycles. The molecule has 0 radical (unpaired) electrons. The molecule has 0 saturated carbocycles. The van der Waals surface area contributed by atoms with Gasteiger partial charge in [-0.2, -0.15) is 0 Å². The summed E-state index contributed by atoms with van der Waals surface area (Å²) in [6, 6.07) is 15.3. The van der Waals surface area contributed by atoms with Crippen molar-refractivity contribution in [1.29, 1.82) is 0 Å². The van der Waals surface area contributed by atoms with Gasteiger partial charge in [-0.25, -0.2) is 0 Å². The first-order chi connectivity index (χ1) is 11.1. The van der Waals surface area contributed by atoms with Crippen molar-refractivity contribution < 1.29 is 9.53 Å². The third kappa shape index (κ3) is 5.93. The van der Waals surface area contributed by atoms with E-state index in [2.05, 4.69) is 5.32 Å². The van der Waals surface area contributed by atoms with E-state index in [0.717, 1.165) is 16.9 Å². The summed E-state index contributed by atoms with van der Waals surface area (Å²) in [5, 5.41) is 3.63. The van der Waals surface area contributed by atoms with Gasteiger partial charge in [-0.15, -0.1) is 0 Å². The summed E-state index contributed by atoms with van der Waals surface area (Å²) in [6.45, 7) is 1.52. The molecule has 1 N–H and O–H groups in total. The molecule has 4 nitrogen and oxygen atoms in total. The molecule has 0 aliphatic rings. The van der Waals surface area contributed by atoms with Gasteiger partial charge >= 0.3 is 0 Å². The first kappa shape index (κ1) is 17.3. The predicted molar refractivity (Wildman–Crippen MR) is 92.6 cm³/mol. The minimum atomic E-state index is -0.00894. The largest absolute Gasteiger partial charge is 0.497 e. The molecule has 23 heavy (non-hydrogen) atoms. The normalized spacial score (nSPS) is 10.6. The van der Waals surface area contributed by atoms with Crippen LogP contribution in [0.4, 0.5) is 0 Å². The van der Waals surface area contributed by atoms with Crippen LogP contribution < -0.4 is 10.1 Å². The highest BCUT2D eigenvalue weighted by atomic mass is 35.5. The number of methoxy groups -OCH3 is 1. The third-order valence-electron chi connectivity index (χ3n) is 3.40. The minimum absolute atomic E-state index is 0.00894. The molecule has 0 fully saturated rings. The Balaban J connectivity index is 1.77. The number of amides is 1. The molecule has 0 aliphatic carbocycles. The van der Waals surface area contributed by atoms with Crippen molar-refractivity contribution in [3.63, 3.8) is 0 Å². The van der Waals surface area contributed by atoms with Crippen molar-refractivity contribution in [2.24, 2.45) is 0 Å². The Morgan fingerprint density at radius 1 is 1.17 bits per heavy atom. The maximum atomic E-state index is 12.0. The van der Waals surface area contributed by atoms with Crippen LogP contribution >= 0.6 is 11.6 Å². The number of carbonyl (C=O) groups is 1. The average Bonchev–Trinajstić information content (AvgIpc) is 2.53. The van der Waals surface area contributed by atoms with Crippen LogP contribution in [0.5, 0.6) is 5.75 Å². The second-order valence-electron chi connectivity index (χ2n) is 5.43. The van der Waals surface area contributed by atoms with Gasteiger partial charge in [0.15, 0.2) is 0 Å². The van der Waals surface area contributed by atoms with Gasteiger partial charge in [-0.3, -0.25) is 9.69 Å². The quantitative estimate of drug-likeness (QED) is 0.847. The van der Waals surface area contributed by atoms with E-state index in [1.807, 2.05) is 60.5 Å². The van der Waals surface area contributed by atoms with Crippen LogP contribution in [0.15, 0.2) is 48.5 Å². The number of rotatable bonds is 7. The Morgan fingerprint density at radius 2 is 1.91 bits per heavy atom. The number of halogens is 1. The molecule has 122 valence electrons. The number of nitrogens with one attached hydrogen (secondary N) is 1. The molecule has 0 saturated heterocycles. The Labute approximate surface area is 142 Å². The number of likely N-dealkylation sites (N-methyl/N-ethyl adjacent to an activating group) is 1. The van der Waals surface area contributed by atoms with E-state index in [0.29, 0.717) is 24.7 Å². The predicted octanol–water partition coefficient (Wildman–Crippen LogP) is 3.10. The van der Waals surface area contributed by atoms with Gasteiger partial charge in [0.1, 0.15) is 5.75 Å². The lowest BCUT2D eigenvalue weighted by Gasteiger charge is -2.16. The fourth-order valence-corrected chi connectivity index (χ4v) is 2.46. The van der Waals surface area contributed by atoms with E-state index >= 15 is 0 Å². The standard InChI is InChI=1S/C18H21ClN2O2/c1-21(12-15-4-3-5-16(19)10-15)13-18(22)20-11-14-6-8-17(23-2)9-7-14/h3-10H,11-13H2,1-2H3,(H,20,22). The number of hydrogen-bond acceptors (Lipinski definition) is 3. The van der Waals surface area contributed by atoms with Crippen molar-refractivity contribution in [1.82, 2.24) is 10.2 Å². The summed E-state index contributed by atoms with van der Waals surface area (Å²) in [5.74, 6) is 0.798. The lowest BCUT2D eigenvalue weighted by atomic mass is 10.2. The molecule has 0 unspecified atom stereocenters. The summed E-state index contributed by atoms with van der Waals surface area (Å²) >= 11 is 5.97. The van der Waals surface area contributed by atoms with E-state index in [1.165, 1.54) is 0 Å². The molecule has 5 heteroatoms. The second-order valence-corrected chi connectivity index (χ2v) is 5.86. The van der Waals surface area contributed by atoms with Gasteiger partial charge in [0, 0.05) is 18.1 Å². The maximum Gasteiger partial charge on any atom is 0.234 e. The topological polar surface area (TPSA) is 41.6 Å². The van der Waals surface area contributed by atoms with Crippen LogP contribution in [0, 0.1) is 0 Å². The molecule has 0 spiro atoms. The fraction of sp³-hybridized carbons (Fsp3) is 0.278. The van der Waals surface area contributed by atoms with Crippen molar-refractivity contribution in [2.75, 3.05) is 20.7 Å². The highest BCUT2D eigenvalue weighted by molar-refractivity contribution is 6.30. The zero-order valence-corrected chi connectivity index (χ0v) is 14.1. The van der Waals surface area contributed by atoms with Crippen LogP contribution in [0.1, 0.15) is 11.1 Å². The number of hydrogen-bond donors (Lipinski definition) is 1. The molecule has 0 aromatic heterocycles. The smallest absolute Gasteiger partial charge is 0.234 e. The minimum Gasteiger partial charge on any atom is -0.497 e. The van der Waals surface area contributed by atoms with Gasteiger partial charge in [-0.05, 0) is 42.4 Å². The molecular formula is C18H21ClN2O2. The fourth-order valence-electron chi connectivity index (χ4n) is 2.25. The molecule has 2 rings (SSSR count). The van der Waals surface area contributed by atoms with E-state index in [1.54, 1.807) is 7.11 Å². The summed E-state index contributed by atoms with van der Waals surface area (Å²) in [7, 11) is 3.54. The monoisotopic (exact) mass is 332 g/mol. The Hall–Kier alpha value is -2.04. The Bertz CT molecular complexity index is 644. The van der Waals surface area contributed by atoms with Crippen LogP contribution in [-0.4, -0.2) is 31.5 Å². The number of ether oxygens (including phenoxy) is 1. The third-order valence-corrected chi connectivity index (χ3v) is 3.64. The summed E-state index contributed by atoms with van der Waals surface area (Å²) < 4.78 is 5.11. The zero-order valence-electron chi connectivity index (χ0n) is 13.4. The molecule has 2 aromatic rings. The van der Waals surface area contributed by atoms with Gasteiger partial charge in [0.25, 0.3) is 0 Å². The van der Waals surface area contributed by atoms with Gasteiger partial charge in [0.2, 0.25) is 5.91 Å². The van der Waals surface area contributed by atoms with Crippen molar-refractivity contribution in [3.8, 4) is 5.75 Å². The maximum absolute atomic E-state index is 12.0. The van der Waals surface area contributed by atoms with E-state index < -0.39 is 0 Å². The summed E-state index contributed by atoms with van der Waals surface area (Å²) in [5.41, 5.74) is 2.12. The SMILES string of the molecule is COc1ccc(CNC(=O)CN(C)Cc2cccc(Cl)c2)cc1. The van der Waals surface area contributed by atoms with E-state index in [9.17, 15) is 4.79 Å². The highest BCUT2D eigenvalue weighted by Gasteiger charge is 2.07. The molecule has 0 aliphatic heterocycles. The number of benzene rings is 2. The van der Waals surface area contributed by atoms with Crippen molar-refractivity contribution in [3.05, 3.63) is 64.7 Å². The molecular weight excluding hydrogens is 312 g/mol. The Morgan fingerprint density at radius 3 is 2.57 bits per heavy atom. The summed E-state index contributed by atoms with van der Waals surface area (Å²) in [6.07, 6.45) is 0. The number of nitrogens with zero attached hydrogens (tertiary/aromatic N) is 1. The average molecular weight is 333 g/mol. The van der Waals surface area contributed by atoms with Gasteiger partial charge in [0.05, 0.1) is 13.7 Å². The summed E-state index contributed by atoms with van der Waals surface area (Å²) in [4.78, 5) is 14.0. The first-order valence-electron chi connectivity index (χ1n) is 7.39. The second kappa shape index (κ2) is 8.56. The van der Waals surface area contributed by atoms with Crippen molar-refractivity contribution >= 4 is 17.5 Å². The van der Waals surface area contributed by atoms with E-state index in [-0.39, 0.29) is 5.91 Å². The lowest BCUT2D eigenvalue weighted by Crippen LogP contribution is -2.34. The first-order valence-corrected chi connectivity index (χ1v) is 7.77. The van der Waals surface area contributed by atoms with Crippen LogP contribution in [0.3, 0.4) is 0 Å². The molecule has 0 atom stereocenters. The van der Waals surface area contributed by atoms with Crippen LogP contribution in [-0.2, 0) is 17.9 Å². The molecule has 0 heterocycles. The zero-order chi connectivity index (χ0) is 16.7. The van der Waals surface area contributed by atoms with Gasteiger partial charge < -0.3 is 10.1 Å². The van der Waals surface area contributed by atoms with Crippen molar-refractivity contribution in [2.45, 2.75) is 13.1 Å². The number of carbonyl (C=O) groups excluding carboxylic acids is 1. The lowest BCUT2D eigenvalue weighted by molar-refractivity contribution is -0.122. The van der Waals surface area contributed by atoms with Crippen LogP contribution in [0.25, 0.3) is 0 Å². The van der Waals surface area contributed by atoms with Gasteiger partial charge in [-0.1, -0.05) is 35.9 Å². The van der Waals surface area contributed by atoms with E-state index in [4.69, 9.17) is 16.3 Å². The molecule has 0 bridgehead atoms.